The molecule has 1 aromatic heterocycles. The van der Waals surface area contributed by atoms with Gasteiger partial charge in [-0.05, 0) is 38.6 Å². The Morgan fingerprint density at radius 2 is 2.33 bits per heavy atom. The molecule has 118 valence electrons. The first-order valence-corrected chi connectivity index (χ1v) is 7.89. The maximum atomic E-state index is 9.81. The van der Waals surface area contributed by atoms with Gasteiger partial charge in [-0.2, -0.15) is 4.98 Å². The van der Waals surface area contributed by atoms with E-state index in [1.54, 1.807) is 7.11 Å². The highest BCUT2D eigenvalue weighted by Crippen LogP contribution is 2.39. The molecule has 2 fully saturated rings. The van der Waals surface area contributed by atoms with Crippen LogP contribution in [0.3, 0.4) is 0 Å². The molecule has 6 heteroatoms. The van der Waals surface area contributed by atoms with Crippen LogP contribution in [0, 0.1) is 5.41 Å². The van der Waals surface area contributed by atoms with Crippen LogP contribution in [0.5, 0.6) is 0 Å². The Kier molecular flexibility index (Phi) is 4.57. The van der Waals surface area contributed by atoms with Crippen molar-refractivity contribution in [2.75, 3.05) is 33.4 Å². The van der Waals surface area contributed by atoms with Crippen molar-refractivity contribution in [2.45, 2.75) is 44.6 Å². The van der Waals surface area contributed by atoms with E-state index in [1.165, 1.54) is 12.8 Å². The van der Waals surface area contributed by atoms with E-state index >= 15 is 0 Å². The average Bonchev–Trinajstić information content (AvgIpc) is 3.26. The number of hydrogen-bond donors (Lipinski definition) is 1. The summed E-state index contributed by atoms with van der Waals surface area (Å²) in [5.74, 6) is 2.08. The molecular weight excluding hydrogens is 270 g/mol. The molecule has 1 N–H and O–H groups in total. The number of piperidine rings is 1. The van der Waals surface area contributed by atoms with Crippen LogP contribution in [-0.4, -0.2) is 53.6 Å². The summed E-state index contributed by atoms with van der Waals surface area (Å²) in [4.78, 5) is 6.83. The van der Waals surface area contributed by atoms with Crippen molar-refractivity contribution in [1.82, 2.24) is 15.0 Å². The number of aliphatic hydroxyl groups excluding tert-OH is 1. The molecule has 3 rings (SSSR count). The zero-order valence-electron chi connectivity index (χ0n) is 12.8. The summed E-state index contributed by atoms with van der Waals surface area (Å²) < 4.78 is 10.5. The van der Waals surface area contributed by atoms with Crippen molar-refractivity contribution in [1.29, 1.82) is 0 Å². The van der Waals surface area contributed by atoms with Crippen LogP contribution < -0.4 is 0 Å². The largest absolute Gasteiger partial charge is 0.396 e. The quantitative estimate of drug-likeness (QED) is 0.823. The molecule has 0 bridgehead atoms. The average molecular weight is 295 g/mol. The molecule has 2 aliphatic rings. The fraction of sp³-hybridized carbons (Fsp3) is 0.867. The molecule has 1 atom stereocenters. The Hall–Kier alpha value is -0.980. The molecule has 21 heavy (non-hydrogen) atoms. The van der Waals surface area contributed by atoms with Crippen molar-refractivity contribution in [3.05, 3.63) is 11.7 Å². The number of likely N-dealkylation sites (tertiary alicyclic amines) is 1. The Bertz CT molecular complexity index is 461. The number of nitrogens with zero attached hydrogens (tertiary/aromatic N) is 3. The van der Waals surface area contributed by atoms with Crippen molar-refractivity contribution < 1.29 is 14.4 Å². The van der Waals surface area contributed by atoms with Gasteiger partial charge in [0, 0.05) is 31.6 Å². The molecule has 0 radical (unpaired) electrons. The summed E-state index contributed by atoms with van der Waals surface area (Å²) in [5.41, 5.74) is -0.0443. The topological polar surface area (TPSA) is 71.6 Å². The van der Waals surface area contributed by atoms with E-state index < -0.39 is 0 Å². The van der Waals surface area contributed by atoms with Crippen LogP contribution in [-0.2, 0) is 11.3 Å². The second-order valence-corrected chi connectivity index (χ2v) is 6.54. The van der Waals surface area contributed by atoms with Gasteiger partial charge in [0.15, 0.2) is 5.82 Å². The SMILES string of the molecule is COCC[C@]1(CO)CCCN(Cc2noc(C3CC3)n2)C1. The minimum atomic E-state index is -0.0443. The van der Waals surface area contributed by atoms with Crippen LogP contribution in [0.25, 0.3) is 0 Å². The number of rotatable bonds is 7. The zero-order chi connectivity index (χ0) is 14.7. The molecule has 1 saturated carbocycles. The number of aliphatic hydroxyl groups is 1. The van der Waals surface area contributed by atoms with Crippen LogP contribution >= 0.6 is 0 Å². The second kappa shape index (κ2) is 6.42. The van der Waals surface area contributed by atoms with Crippen molar-refractivity contribution in [2.24, 2.45) is 5.41 Å². The first-order valence-electron chi connectivity index (χ1n) is 7.89. The lowest BCUT2D eigenvalue weighted by Gasteiger charge is -2.41. The van der Waals surface area contributed by atoms with Crippen LogP contribution in [0.2, 0.25) is 0 Å². The number of ether oxygens (including phenoxy) is 1. The molecule has 0 aromatic carbocycles. The van der Waals surface area contributed by atoms with Gasteiger partial charge in [-0.15, -0.1) is 0 Å². The maximum absolute atomic E-state index is 9.81. The highest BCUT2D eigenvalue weighted by molar-refractivity contribution is 5.02. The smallest absolute Gasteiger partial charge is 0.229 e. The number of methoxy groups -OCH3 is 1. The maximum Gasteiger partial charge on any atom is 0.229 e. The van der Waals surface area contributed by atoms with E-state index in [0.29, 0.717) is 19.1 Å². The Balaban J connectivity index is 1.58. The predicted molar refractivity (Wildman–Crippen MR) is 76.8 cm³/mol. The van der Waals surface area contributed by atoms with Gasteiger partial charge in [0.2, 0.25) is 5.89 Å². The van der Waals surface area contributed by atoms with Crippen molar-refractivity contribution in [3.8, 4) is 0 Å². The van der Waals surface area contributed by atoms with E-state index in [0.717, 1.165) is 44.1 Å². The standard InChI is InChI=1S/C15H25N3O3/c1-20-8-6-15(11-19)5-2-7-18(10-15)9-13-16-14(21-17-13)12-3-4-12/h12,19H,2-11H2,1H3/t15-/m1/s1. The van der Waals surface area contributed by atoms with Gasteiger partial charge in [0.05, 0.1) is 13.2 Å². The number of aromatic nitrogens is 2. The molecule has 0 unspecified atom stereocenters. The Labute approximate surface area is 125 Å². The first kappa shape index (κ1) is 14.9. The van der Waals surface area contributed by atoms with Crippen molar-refractivity contribution >= 4 is 0 Å². The normalized spacial score (nSPS) is 27.1. The molecule has 1 aliphatic carbocycles. The van der Waals surface area contributed by atoms with Gasteiger partial charge in [-0.25, -0.2) is 0 Å². The van der Waals surface area contributed by atoms with Crippen LogP contribution in [0.15, 0.2) is 4.52 Å². The van der Waals surface area contributed by atoms with Gasteiger partial charge in [-0.1, -0.05) is 5.16 Å². The minimum Gasteiger partial charge on any atom is -0.396 e. The lowest BCUT2D eigenvalue weighted by atomic mass is 9.78. The summed E-state index contributed by atoms with van der Waals surface area (Å²) in [6.07, 6.45) is 5.41. The van der Waals surface area contributed by atoms with Gasteiger partial charge >= 0.3 is 0 Å². The van der Waals surface area contributed by atoms with Crippen LogP contribution in [0.1, 0.15) is 49.7 Å². The van der Waals surface area contributed by atoms with Crippen molar-refractivity contribution in [3.63, 3.8) is 0 Å². The monoisotopic (exact) mass is 295 g/mol. The molecule has 6 nitrogen and oxygen atoms in total. The zero-order valence-corrected chi connectivity index (χ0v) is 12.8. The highest BCUT2D eigenvalue weighted by atomic mass is 16.5. The summed E-state index contributed by atoms with van der Waals surface area (Å²) in [6, 6.07) is 0. The molecule has 1 aliphatic heterocycles. The Morgan fingerprint density at radius 1 is 1.48 bits per heavy atom. The fourth-order valence-electron chi connectivity index (χ4n) is 3.20. The van der Waals surface area contributed by atoms with Gasteiger partial charge in [-0.3, -0.25) is 4.90 Å². The van der Waals surface area contributed by atoms with Gasteiger partial charge in [0.1, 0.15) is 0 Å². The summed E-state index contributed by atoms with van der Waals surface area (Å²) in [7, 11) is 1.71. The van der Waals surface area contributed by atoms with E-state index in [9.17, 15) is 5.11 Å². The molecule has 0 spiro atoms. The fourth-order valence-corrected chi connectivity index (χ4v) is 3.20. The third kappa shape index (κ3) is 3.62. The predicted octanol–water partition coefficient (Wildman–Crippen LogP) is 1.56. The lowest BCUT2D eigenvalue weighted by Crippen LogP contribution is -2.45. The lowest BCUT2D eigenvalue weighted by molar-refractivity contribution is 0.00377. The molecule has 0 amide bonds. The van der Waals surface area contributed by atoms with Gasteiger partial charge < -0.3 is 14.4 Å². The third-order valence-electron chi connectivity index (χ3n) is 4.69. The highest BCUT2D eigenvalue weighted by Gasteiger charge is 2.35. The minimum absolute atomic E-state index is 0.0443. The molecular formula is C15H25N3O3. The van der Waals surface area contributed by atoms with E-state index in [2.05, 4.69) is 15.0 Å². The number of hydrogen-bond acceptors (Lipinski definition) is 6. The van der Waals surface area contributed by atoms with E-state index in [-0.39, 0.29) is 12.0 Å². The molecule has 2 heterocycles. The Morgan fingerprint density at radius 3 is 3.05 bits per heavy atom. The first-order chi connectivity index (χ1) is 10.2. The summed E-state index contributed by atoms with van der Waals surface area (Å²) in [5, 5.41) is 13.9. The van der Waals surface area contributed by atoms with Gasteiger partial charge in [0.25, 0.3) is 0 Å². The molecule has 1 aromatic rings. The van der Waals surface area contributed by atoms with Crippen LogP contribution in [0.4, 0.5) is 0 Å². The third-order valence-corrected chi connectivity index (χ3v) is 4.69. The molecule has 1 saturated heterocycles. The second-order valence-electron chi connectivity index (χ2n) is 6.54. The summed E-state index contributed by atoms with van der Waals surface area (Å²) >= 11 is 0. The van der Waals surface area contributed by atoms with E-state index in [1.807, 2.05) is 0 Å². The summed E-state index contributed by atoms with van der Waals surface area (Å²) in [6.45, 7) is 3.53. The van der Waals surface area contributed by atoms with E-state index in [4.69, 9.17) is 9.26 Å².